The second-order valence-corrected chi connectivity index (χ2v) is 3.60. The Morgan fingerprint density at radius 3 is 2.76 bits per heavy atom. The first kappa shape index (κ1) is 9.59. The van der Waals surface area contributed by atoms with Crippen molar-refractivity contribution in [1.82, 2.24) is 19.5 Å². The van der Waals surface area contributed by atoms with Gasteiger partial charge in [-0.05, 0) is 18.2 Å². The van der Waals surface area contributed by atoms with Crippen LogP contribution in [0.25, 0.3) is 16.7 Å². The van der Waals surface area contributed by atoms with Crippen LogP contribution < -0.4 is 11.5 Å². The first-order chi connectivity index (χ1) is 8.25. The average molecular weight is 226 g/mol. The molecule has 6 heteroatoms. The molecule has 0 unspecified atom stereocenters. The lowest BCUT2D eigenvalue weighted by Gasteiger charge is -2.04. The number of pyridine rings is 1. The quantitative estimate of drug-likeness (QED) is 0.644. The van der Waals surface area contributed by atoms with Crippen molar-refractivity contribution in [2.75, 3.05) is 11.5 Å². The molecule has 3 heterocycles. The van der Waals surface area contributed by atoms with Gasteiger partial charge in [-0.3, -0.25) is 9.55 Å². The summed E-state index contributed by atoms with van der Waals surface area (Å²) >= 11 is 0. The summed E-state index contributed by atoms with van der Waals surface area (Å²) in [6, 6.07) is 5.65. The van der Waals surface area contributed by atoms with Gasteiger partial charge in [-0.15, -0.1) is 0 Å². The summed E-state index contributed by atoms with van der Waals surface area (Å²) < 4.78 is 1.87. The topological polar surface area (TPSA) is 95.6 Å². The molecule has 0 aliphatic rings. The molecule has 3 aromatic heterocycles. The van der Waals surface area contributed by atoms with Crippen LogP contribution in [0.5, 0.6) is 0 Å². The van der Waals surface area contributed by atoms with Crippen molar-refractivity contribution in [3.8, 4) is 5.69 Å². The largest absolute Gasteiger partial charge is 0.383 e. The zero-order chi connectivity index (χ0) is 11.8. The van der Waals surface area contributed by atoms with Gasteiger partial charge in [0.25, 0.3) is 0 Å². The molecule has 0 atom stereocenters. The summed E-state index contributed by atoms with van der Waals surface area (Å²) in [5.41, 5.74) is 13.0. The van der Waals surface area contributed by atoms with Crippen molar-refractivity contribution in [3.63, 3.8) is 0 Å². The fourth-order valence-electron chi connectivity index (χ4n) is 1.76. The van der Waals surface area contributed by atoms with Gasteiger partial charge in [-0.1, -0.05) is 0 Å². The van der Waals surface area contributed by atoms with E-state index in [-0.39, 0.29) is 5.95 Å². The van der Waals surface area contributed by atoms with Crippen LogP contribution in [0.4, 0.5) is 11.8 Å². The first-order valence-corrected chi connectivity index (χ1v) is 5.06. The molecule has 0 saturated carbocycles. The third-order valence-corrected chi connectivity index (χ3v) is 2.51. The van der Waals surface area contributed by atoms with E-state index >= 15 is 0 Å². The van der Waals surface area contributed by atoms with Crippen LogP contribution in [-0.4, -0.2) is 19.5 Å². The maximum atomic E-state index is 5.79. The highest BCUT2D eigenvalue weighted by Gasteiger charge is 2.09. The normalized spacial score (nSPS) is 10.8. The van der Waals surface area contributed by atoms with Crippen molar-refractivity contribution in [2.45, 2.75) is 0 Å². The van der Waals surface area contributed by atoms with Gasteiger partial charge in [0.15, 0.2) is 5.65 Å². The molecule has 0 saturated heterocycles. The van der Waals surface area contributed by atoms with Gasteiger partial charge in [-0.2, -0.15) is 9.97 Å². The van der Waals surface area contributed by atoms with Crippen molar-refractivity contribution in [2.24, 2.45) is 0 Å². The van der Waals surface area contributed by atoms with Crippen LogP contribution in [0.1, 0.15) is 0 Å². The second kappa shape index (κ2) is 3.44. The number of hydrogen-bond donors (Lipinski definition) is 2. The maximum absolute atomic E-state index is 5.79. The number of rotatable bonds is 1. The van der Waals surface area contributed by atoms with E-state index in [1.54, 1.807) is 12.4 Å². The molecule has 0 aliphatic carbocycles. The second-order valence-electron chi connectivity index (χ2n) is 3.60. The van der Waals surface area contributed by atoms with Gasteiger partial charge in [0, 0.05) is 12.4 Å². The molecule has 0 radical (unpaired) electrons. The Labute approximate surface area is 96.9 Å². The third kappa shape index (κ3) is 1.46. The zero-order valence-electron chi connectivity index (χ0n) is 8.91. The van der Waals surface area contributed by atoms with E-state index in [2.05, 4.69) is 15.0 Å². The average Bonchev–Trinajstić information content (AvgIpc) is 2.74. The van der Waals surface area contributed by atoms with Crippen LogP contribution >= 0.6 is 0 Å². The van der Waals surface area contributed by atoms with E-state index in [0.29, 0.717) is 11.5 Å². The highest BCUT2D eigenvalue weighted by Crippen LogP contribution is 2.22. The summed E-state index contributed by atoms with van der Waals surface area (Å²) in [7, 11) is 0. The molecular weight excluding hydrogens is 216 g/mol. The van der Waals surface area contributed by atoms with E-state index in [1.807, 2.05) is 29.0 Å². The highest BCUT2D eigenvalue weighted by molar-refractivity contribution is 5.88. The summed E-state index contributed by atoms with van der Waals surface area (Å²) in [5.74, 6) is 0.550. The lowest BCUT2D eigenvalue weighted by molar-refractivity contribution is 1.06. The number of hydrogen-bond acceptors (Lipinski definition) is 5. The maximum Gasteiger partial charge on any atom is 0.224 e. The molecular formula is C11H10N6. The molecule has 6 nitrogen and oxygen atoms in total. The molecule has 3 aromatic rings. The molecule has 0 bridgehead atoms. The van der Waals surface area contributed by atoms with Crippen molar-refractivity contribution in [1.29, 1.82) is 0 Å². The minimum atomic E-state index is 0.166. The molecule has 84 valence electrons. The number of nitrogens with two attached hydrogens (primary N) is 2. The fraction of sp³-hybridized carbons (Fsp3) is 0. The minimum absolute atomic E-state index is 0.166. The van der Waals surface area contributed by atoms with Crippen LogP contribution in [-0.2, 0) is 0 Å². The van der Waals surface area contributed by atoms with Crippen LogP contribution in [0, 0.1) is 0 Å². The molecule has 0 fully saturated rings. The Kier molecular flexibility index (Phi) is 1.94. The van der Waals surface area contributed by atoms with Crippen molar-refractivity contribution in [3.05, 3.63) is 36.8 Å². The summed E-state index contributed by atoms with van der Waals surface area (Å²) in [4.78, 5) is 12.2. The summed E-state index contributed by atoms with van der Waals surface area (Å²) in [5, 5.41) is 0.781. The van der Waals surface area contributed by atoms with Crippen molar-refractivity contribution >= 4 is 22.8 Å². The van der Waals surface area contributed by atoms with Gasteiger partial charge < -0.3 is 11.5 Å². The Balaban J connectivity index is 2.32. The Hall–Kier alpha value is -2.63. The number of anilines is 2. The van der Waals surface area contributed by atoms with E-state index in [0.717, 1.165) is 11.1 Å². The van der Waals surface area contributed by atoms with Gasteiger partial charge in [0.2, 0.25) is 5.95 Å². The standard InChI is InChI=1S/C11H10N6/c12-9-8-3-5-17(7-2-1-4-14-6-7)10(8)16-11(13)15-9/h1-6H,(H4,12,13,15,16). The molecule has 0 amide bonds. The zero-order valence-corrected chi connectivity index (χ0v) is 8.91. The number of nitrogen functional groups attached to an aromatic ring is 2. The first-order valence-electron chi connectivity index (χ1n) is 5.06. The van der Waals surface area contributed by atoms with Gasteiger partial charge in [0.05, 0.1) is 17.3 Å². The van der Waals surface area contributed by atoms with E-state index < -0.39 is 0 Å². The Morgan fingerprint density at radius 2 is 2.00 bits per heavy atom. The smallest absolute Gasteiger partial charge is 0.224 e. The van der Waals surface area contributed by atoms with E-state index in [1.165, 1.54) is 0 Å². The Bertz CT molecular complexity index is 673. The summed E-state index contributed by atoms with van der Waals surface area (Å²) in [6.45, 7) is 0. The number of nitrogens with zero attached hydrogens (tertiary/aromatic N) is 4. The third-order valence-electron chi connectivity index (χ3n) is 2.51. The monoisotopic (exact) mass is 226 g/mol. The molecule has 17 heavy (non-hydrogen) atoms. The van der Waals surface area contributed by atoms with Crippen LogP contribution in [0.2, 0.25) is 0 Å². The molecule has 4 N–H and O–H groups in total. The molecule has 0 spiro atoms. The van der Waals surface area contributed by atoms with Crippen LogP contribution in [0.3, 0.4) is 0 Å². The van der Waals surface area contributed by atoms with Crippen LogP contribution in [0.15, 0.2) is 36.8 Å². The van der Waals surface area contributed by atoms with E-state index in [4.69, 9.17) is 11.5 Å². The van der Waals surface area contributed by atoms with Gasteiger partial charge >= 0.3 is 0 Å². The van der Waals surface area contributed by atoms with Crippen molar-refractivity contribution < 1.29 is 0 Å². The Morgan fingerprint density at radius 1 is 1.12 bits per heavy atom. The molecule has 0 aliphatic heterocycles. The molecule has 0 aromatic carbocycles. The SMILES string of the molecule is Nc1nc(N)c2ccn(-c3cccnc3)c2n1. The number of fused-ring (bicyclic) bond motifs is 1. The lowest BCUT2D eigenvalue weighted by atomic mass is 10.4. The van der Waals surface area contributed by atoms with Gasteiger partial charge in [-0.25, -0.2) is 0 Å². The molecule has 3 rings (SSSR count). The fourth-order valence-corrected chi connectivity index (χ4v) is 1.76. The predicted octanol–water partition coefficient (Wildman–Crippen LogP) is 0.980. The lowest BCUT2D eigenvalue weighted by Crippen LogP contribution is -2.02. The predicted molar refractivity (Wildman–Crippen MR) is 65.5 cm³/mol. The highest BCUT2D eigenvalue weighted by atomic mass is 15.1. The minimum Gasteiger partial charge on any atom is -0.383 e. The van der Waals surface area contributed by atoms with Gasteiger partial charge in [0.1, 0.15) is 5.82 Å². The number of aromatic nitrogens is 4. The summed E-state index contributed by atoms with van der Waals surface area (Å²) in [6.07, 6.45) is 5.33. The van der Waals surface area contributed by atoms with E-state index in [9.17, 15) is 0 Å².